The number of esters is 1. The highest BCUT2D eigenvalue weighted by atomic mass is 32.2. The lowest BCUT2D eigenvalue weighted by Gasteiger charge is -2.24. The van der Waals surface area contributed by atoms with Gasteiger partial charge in [-0.2, -0.15) is 0 Å². The number of carbonyl (C=O) groups excluding carboxylic acids is 1. The van der Waals surface area contributed by atoms with Gasteiger partial charge in [0, 0.05) is 0 Å². The predicted octanol–water partition coefficient (Wildman–Crippen LogP) is 3.15. The SMILES string of the molecule is CCOC(=O)CN(c1cccc(C)c1)S(=O)(=O)c1ccc(OCC)cc1. The minimum atomic E-state index is -3.94. The lowest BCUT2D eigenvalue weighted by molar-refractivity contribution is -0.141. The zero-order chi connectivity index (χ0) is 19.2. The van der Waals surface area contributed by atoms with Crippen LogP contribution in [0, 0.1) is 6.92 Å². The fourth-order valence-corrected chi connectivity index (χ4v) is 3.82. The van der Waals surface area contributed by atoms with Crippen LogP contribution >= 0.6 is 0 Å². The highest BCUT2D eigenvalue weighted by Crippen LogP contribution is 2.26. The molecule has 0 radical (unpaired) electrons. The van der Waals surface area contributed by atoms with Gasteiger partial charge in [-0.15, -0.1) is 0 Å². The van der Waals surface area contributed by atoms with Gasteiger partial charge < -0.3 is 9.47 Å². The molecule has 0 bridgehead atoms. The molecular formula is C19H23NO5S. The zero-order valence-corrected chi connectivity index (χ0v) is 16.0. The Balaban J connectivity index is 2.43. The topological polar surface area (TPSA) is 72.9 Å². The molecule has 2 aromatic rings. The molecule has 2 aromatic carbocycles. The highest BCUT2D eigenvalue weighted by molar-refractivity contribution is 7.92. The van der Waals surface area contributed by atoms with Crippen molar-refractivity contribution >= 4 is 21.7 Å². The Morgan fingerprint density at radius 2 is 1.73 bits per heavy atom. The van der Waals surface area contributed by atoms with E-state index in [1.165, 1.54) is 12.1 Å². The van der Waals surface area contributed by atoms with Crippen molar-refractivity contribution in [1.29, 1.82) is 0 Å². The maximum Gasteiger partial charge on any atom is 0.326 e. The smallest absolute Gasteiger partial charge is 0.326 e. The molecular weight excluding hydrogens is 354 g/mol. The third kappa shape index (κ3) is 4.76. The number of rotatable bonds is 8. The molecule has 26 heavy (non-hydrogen) atoms. The molecule has 0 heterocycles. The van der Waals surface area contributed by atoms with Crippen LogP contribution in [0.1, 0.15) is 19.4 Å². The minimum Gasteiger partial charge on any atom is -0.494 e. The van der Waals surface area contributed by atoms with Gasteiger partial charge >= 0.3 is 5.97 Å². The molecule has 0 aromatic heterocycles. The van der Waals surface area contributed by atoms with Crippen LogP contribution in [0.2, 0.25) is 0 Å². The molecule has 7 heteroatoms. The number of benzene rings is 2. The molecule has 0 amide bonds. The summed E-state index contributed by atoms with van der Waals surface area (Å²) in [7, 11) is -3.94. The van der Waals surface area contributed by atoms with Crippen LogP contribution in [-0.4, -0.2) is 34.1 Å². The van der Waals surface area contributed by atoms with Crippen molar-refractivity contribution < 1.29 is 22.7 Å². The summed E-state index contributed by atoms with van der Waals surface area (Å²) in [5.74, 6) is -0.0255. The largest absolute Gasteiger partial charge is 0.494 e. The Labute approximate surface area is 154 Å². The van der Waals surface area contributed by atoms with Crippen molar-refractivity contribution in [1.82, 2.24) is 0 Å². The average Bonchev–Trinajstić information content (AvgIpc) is 2.60. The molecule has 0 aliphatic heterocycles. The van der Waals surface area contributed by atoms with Gasteiger partial charge in [-0.1, -0.05) is 12.1 Å². The summed E-state index contributed by atoms with van der Waals surface area (Å²) >= 11 is 0. The third-order valence-electron chi connectivity index (χ3n) is 3.59. The summed E-state index contributed by atoms with van der Waals surface area (Å²) < 4.78 is 37.6. The van der Waals surface area contributed by atoms with Gasteiger partial charge in [-0.25, -0.2) is 8.42 Å². The van der Waals surface area contributed by atoms with E-state index in [9.17, 15) is 13.2 Å². The van der Waals surface area contributed by atoms with Crippen LogP contribution in [-0.2, 0) is 19.6 Å². The fraction of sp³-hybridized carbons (Fsp3) is 0.316. The molecule has 140 valence electrons. The zero-order valence-electron chi connectivity index (χ0n) is 15.1. The van der Waals surface area contributed by atoms with Crippen LogP contribution in [0.5, 0.6) is 5.75 Å². The highest BCUT2D eigenvalue weighted by Gasteiger charge is 2.27. The van der Waals surface area contributed by atoms with E-state index in [0.717, 1.165) is 9.87 Å². The number of aryl methyl sites for hydroxylation is 1. The van der Waals surface area contributed by atoms with Crippen molar-refractivity contribution in [2.24, 2.45) is 0 Å². The Bertz CT molecular complexity index is 846. The van der Waals surface area contributed by atoms with Crippen LogP contribution in [0.25, 0.3) is 0 Å². The summed E-state index contributed by atoms with van der Waals surface area (Å²) in [6, 6.07) is 13.1. The van der Waals surface area contributed by atoms with Crippen LogP contribution in [0.15, 0.2) is 53.4 Å². The monoisotopic (exact) mass is 377 g/mol. The second kappa shape index (κ2) is 8.71. The Hall–Kier alpha value is -2.54. The minimum absolute atomic E-state index is 0.0757. The standard InChI is InChI=1S/C19H23NO5S/c1-4-24-17-9-11-18(12-10-17)26(22,23)20(14-19(21)25-5-2)16-8-6-7-15(3)13-16/h6-13H,4-5,14H2,1-3H3. The van der Waals surface area contributed by atoms with Gasteiger partial charge in [0.25, 0.3) is 10.0 Å². The Kier molecular flexibility index (Phi) is 6.63. The summed E-state index contributed by atoms with van der Waals surface area (Å²) in [5, 5.41) is 0. The van der Waals surface area contributed by atoms with Gasteiger partial charge in [0.15, 0.2) is 0 Å². The molecule has 0 saturated carbocycles. The number of carbonyl (C=O) groups is 1. The maximum absolute atomic E-state index is 13.1. The quantitative estimate of drug-likeness (QED) is 0.661. The van der Waals surface area contributed by atoms with Crippen LogP contribution in [0.3, 0.4) is 0 Å². The molecule has 6 nitrogen and oxygen atoms in total. The molecule has 0 aliphatic carbocycles. The molecule has 0 spiro atoms. The number of ether oxygens (including phenoxy) is 2. The molecule has 0 fully saturated rings. The van der Waals surface area contributed by atoms with Crippen LogP contribution in [0.4, 0.5) is 5.69 Å². The van der Waals surface area contributed by atoms with E-state index in [-0.39, 0.29) is 11.5 Å². The van der Waals surface area contributed by atoms with E-state index in [1.807, 2.05) is 19.9 Å². The summed E-state index contributed by atoms with van der Waals surface area (Å²) in [6.07, 6.45) is 0. The van der Waals surface area contributed by atoms with Crippen LogP contribution < -0.4 is 9.04 Å². The van der Waals surface area contributed by atoms with Crippen molar-refractivity contribution in [2.45, 2.75) is 25.7 Å². The molecule has 0 unspecified atom stereocenters. The lowest BCUT2D eigenvalue weighted by Crippen LogP contribution is -2.36. The van der Waals surface area contributed by atoms with Crippen molar-refractivity contribution in [3.63, 3.8) is 0 Å². The first-order valence-electron chi connectivity index (χ1n) is 8.36. The van der Waals surface area contributed by atoms with E-state index < -0.39 is 22.5 Å². The van der Waals surface area contributed by atoms with Crippen molar-refractivity contribution in [3.8, 4) is 5.75 Å². The lowest BCUT2D eigenvalue weighted by atomic mass is 10.2. The van der Waals surface area contributed by atoms with E-state index in [1.54, 1.807) is 37.3 Å². The molecule has 0 atom stereocenters. The number of nitrogens with zero attached hydrogens (tertiary/aromatic N) is 1. The predicted molar refractivity (Wildman–Crippen MR) is 100.0 cm³/mol. The number of hydrogen-bond donors (Lipinski definition) is 0. The number of anilines is 1. The molecule has 0 aliphatic rings. The van der Waals surface area contributed by atoms with Gasteiger partial charge in [0.2, 0.25) is 0 Å². The Morgan fingerprint density at radius 1 is 1.04 bits per heavy atom. The summed E-state index contributed by atoms with van der Waals surface area (Å²) in [6.45, 7) is 5.66. The van der Waals surface area contributed by atoms with Gasteiger partial charge in [-0.3, -0.25) is 9.10 Å². The van der Waals surface area contributed by atoms with Crippen molar-refractivity contribution in [2.75, 3.05) is 24.1 Å². The van der Waals surface area contributed by atoms with E-state index in [0.29, 0.717) is 18.0 Å². The maximum atomic E-state index is 13.1. The van der Waals surface area contributed by atoms with E-state index >= 15 is 0 Å². The van der Waals surface area contributed by atoms with E-state index in [4.69, 9.17) is 9.47 Å². The number of sulfonamides is 1. The fourth-order valence-electron chi connectivity index (χ4n) is 2.42. The first-order valence-corrected chi connectivity index (χ1v) is 9.80. The molecule has 0 N–H and O–H groups in total. The second-order valence-corrected chi connectivity index (χ2v) is 7.42. The van der Waals surface area contributed by atoms with Crippen molar-refractivity contribution in [3.05, 3.63) is 54.1 Å². The normalized spacial score (nSPS) is 11.0. The second-order valence-electron chi connectivity index (χ2n) is 5.56. The number of hydrogen-bond acceptors (Lipinski definition) is 5. The van der Waals surface area contributed by atoms with Gasteiger partial charge in [0.05, 0.1) is 23.8 Å². The summed E-state index contributed by atoms with van der Waals surface area (Å²) in [4.78, 5) is 12.1. The Morgan fingerprint density at radius 3 is 2.31 bits per heavy atom. The van der Waals surface area contributed by atoms with E-state index in [2.05, 4.69) is 0 Å². The first kappa shape index (κ1) is 19.8. The summed E-state index contributed by atoms with van der Waals surface area (Å²) in [5.41, 5.74) is 1.30. The average molecular weight is 377 g/mol. The molecule has 2 rings (SSSR count). The third-order valence-corrected chi connectivity index (χ3v) is 5.38. The first-order chi connectivity index (χ1) is 12.4. The van der Waals surface area contributed by atoms with Gasteiger partial charge in [-0.05, 0) is 62.7 Å². The van der Waals surface area contributed by atoms with Gasteiger partial charge in [0.1, 0.15) is 12.3 Å². The molecule has 0 saturated heterocycles.